The summed E-state index contributed by atoms with van der Waals surface area (Å²) in [6.07, 6.45) is 2.23. The highest BCUT2D eigenvalue weighted by atomic mass is 16.3. The van der Waals surface area contributed by atoms with Gasteiger partial charge in [0.15, 0.2) is 6.23 Å². The fraction of sp³-hybridized carbons (Fsp3) is 0.250. The summed E-state index contributed by atoms with van der Waals surface area (Å²) >= 11 is 0. The molecule has 0 bridgehead atoms. The molecule has 1 aliphatic heterocycles. The highest BCUT2D eigenvalue weighted by molar-refractivity contribution is 5.98. The van der Waals surface area contributed by atoms with Crippen molar-refractivity contribution in [3.05, 3.63) is 29.6 Å². The fourth-order valence-corrected chi connectivity index (χ4v) is 1.32. The van der Waals surface area contributed by atoms with Crippen LogP contribution >= 0.6 is 0 Å². The van der Waals surface area contributed by atoms with E-state index in [2.05, 4.69) is 4.98 Å². The molecule has 1 aromatic rings. The third-order valence-corrected chi connectivity index (χ3v) is 2.05. The minimum absolute atomic E-state index is 0.153. The van der Waals surface area contributed by atoms with Gasteiger partial charge in [-0.15, -0.1) is 0 Å². The molecule has 1 N–H and O–H groups in total. The largest absolute Gasteiger partial charge is 0.369 e. The second-order valence-corrected chi connectivity index (χ2v) is 2.75. The SMILES string of the molecule is CN1C(=O)c2ccncc2C1O. The van der Waals surface area contributed by atoms with Gasteiger partial charge in [-0.3, -0.25) is 9.78 Å². The molecule has 2 rings (SSSR count). The molecule has 2 heterocycles. The Morgan fingerprint density at radius 1 is 1.67 bits per heavy atom. The maximum Gasteiger partial charge on any atom is 0.256 e. The molecule has 1 atom stereocenters. The van der Waals surface area contributed by atoms with Gasteiger partial charge in [0.2, 0.25) is 0 Å². The highest BCUT2D eigenvalue weighted by Crippen LogP contribution is 2.28. The number of nitrogens with zero attached hydrogens (tertiary/aromatic N) is 2. The number of aliphatic hydroxyl groups excluding tert-OH is 1. The van der Waals surface area contributed by atoms with E-state index < -0.39 is 6.23 Å². The van der Waals surface area contributed by atoms with E-state index >= 15 is 0 Å². The normalized spacial score (nSPS) is 21.3. The molecule has 0 spiro atoms. The van der Waals surface area contributed by atoms with Crippen molar-refractivity contribution < 1.29 is 9.90 Å². The average Bonchev–Trinajstić information content (AvgIpc) is 2.33. The van der Waals surface area contributed by atoms with Gasteiger partial charge in [-0.1, -0.05) is 0 Å². The van der Waals surface area contributed by atoms with Gasteiger partial charge in [0, 0.05) is 25.0 Å². The lowest BCUT2D eigenvalue weighted by atomic mass is 10.2. The Hall–Kier alpha value is -1.42. The van der Waals surface area contributed by atoms with Crippen molar-refractivity contribution in [1.82, 2.24) is 9.88 Å². The summed E-state index contributed by atoms with van der Waals surface area (Å²) in [4.78, 5) is 16.5. The Morgan fingerprint density at radius 3 is 3.08 bits per heavy atom. The molecule has 1 amide bonds. The summed E-state index contributed by atoms with van der Waals surface area (Å²) in [5.41, 5.74) is 1.13. The number of amides is 1. The summed E-state index contributed by atoms with van der Waals surface area (Å²) in [7, 11) is 1.56. The number of aromatic nitrogens is 1. The van der Waals surface area contributed by atoms with Gasteiger partial charge in [0.1, 0.15) is 0 Å². The van der Waals surface area contributed by atoms with Gasteiger partial charge < -0.3 is 10.0 Å². The van der Waals surface area contributed by atoms with Crippen LogP contribution in [-0.2, 0) is 0 Å². The summed E-state index contributed by atoms with van der Waals surface area (Å²) in [5.74, 6) is -0.153. The maximum atomic E-state index is 11.3. The lowest BCUT2D eigenvalue weighted by Gasteiger charge is -2.13. The summed E-state index contributed by atoms with van der Waals surface area (Å²) < 4.78 is 0. The van der Waals surface area contributed by atoms with Crippen molar-refractivity contribution in [2.75, 3.05) is 7.05 Å². The number of carbonyl (C=O) groups excluding carboxylic acids is 1. The van der Waals surface area contributed by atoms with Gasteiger partial charge in [0.05, 0.1) is 5.56 Å². The molecule has 0 aromatic carbocycles. The van der Waals surface area contributed by atoms with Crippen molar-refractivity contribution in [2.45, 2.75) is 6.23 Å². The van der Waals surface area contributed by atoms with Gasteiger partial charge in [-0.05, 0) is 6.07 Å². The van der Waals surface area contributed by atoms with E-state index in [0.29, 0.717) is 11.1 Å². The molecule has 0 aliphatic carbocycles. The molecular weight excluding hydrogens is 156 g/mol. The smallest absolute Gasteiger partial charge is 0.256 e. The third kappa shape index (κ3) is 0.753. The molecule has 1 aromatic heterocycles. The van der Waals surface area contributed by atoms with Crippen LogP contribution in [0.3, 0.4) is 0 Å². The Kier molecular flexibility index (Phi) is 1.38. The first kappa shape index (κ1) is 7.24. The van der Waals surface area contributed by atoms with Crippen LogP contribution in [0.5, 0.6) is 0 Å². The van der Waals surface area contributed by atoms with Crippen molar-refractivity contribution in [3.8, 4) is 0 Å². The molecule has 0 saturated carbocycles. The summed E-state index contributed by atoms with van der Waals surface area (Å²) in [6, 6.07) is 1.62. The van der Waals surface area contributed by atoms with Crippen LogP contribution in [-0.4, -0.2) is 27.9 Å². The van der Waals surface area contributed by atoms with Crippen molar-refractivity contribution in [3.63, 3.8) is 0 Å². The topological polar surface area (TPSA) is 53.4 Å². The molecule has 1 unspecified atom stereocenters. The number of fused-ring (bicyclic) bond motifs is 1. The summed E-state index contributed by atoms with van der Waals surface area (Å²) in [5, 5.41) is 9.49. The second-order valence-electron chi connectivity index (χ2n) is 2.75. The van der Waals surface area contributed by atoms with Crippen LogP contribution in [0.1, 0.15) is 22.1 Å². The van der Waals surface area contributed by atoms with E-state index in [4.69, 9.17) is 0 Å². The number of carbonyl (C=O) groups is 1. The predicted octanol–water partition coefficient (Wildman–Crippen LogP) is 0.158. The number of hydrogen-bond acceptors (Lipinski definition) is 3. The Balaban J connectivity index is 2.59. The predicted molar refractivity (Wildman–Crippen MR) is 41.3 cm³/mol. The van der Waals surface area contributed by atoms with Gasteiger partial charge in [-0.25, -0.2) is 0 Å². The fourth-order valence-electron chi connectivity index (χ4n) is 1.32. The Bertz CT molecular complexity index is 338. The maximum absolute atomic E-state index is 11.3. The van der Waals surface area contributed by atoms with Crippen LogP contribution in [0, 0.1) is 0 Å². The molecule has 4 nitrogen and oxygen atoms in total. The van der Waals surface area contributed by atoms with Crippen molar-refractivity contribution in [1.29, 1.82) is 0 Å². The summed E-state index contributed by atoms with van der Waals surface area (Å²) in [6.45, 7) is 0. The molecule has 62 valence electrons. The first-order valence-electron chi connectivity index (χ1n) is 3.61. The van der Waals surface area contributed by atoms with E-state index in [1.165, 1.54) is 11.1 Å². The standard InChI is InChI=1S/C8H8N2O2/c1-10-7(11)5-2-3-9-4-6(5)8(10)12/h2-4,8,12H,1H3. The van der Waals surface area contributed by atoms with Gasteiger partial charge in [0.25, 0.3) is 5.91 Å². The first-order valence-corrected chi connectivity index (χ1v) is 3.61. The third-order valence-electron chi connectivity index (χ3n) is 2.05. The van der Waals surface area contributed by atoms with Crippen LogP contribution in [0.4, 0.5) is 0 Å². The van der Waals surface area contributed by atoms with E-state index in [-0.39, 0.29) is 5.91 Å². The van der Waals surface area contributed by atoms with Gasteiger partial charge >= 0.3 is 0 Å². The molecule has 12 heavy (non-hydrogen) atoms. The van der Waals surface area contributed by atoms with Crippen LogP contribution in [0.2, 0.25) is 0 Å². The molecule has 0 fully saturated rings. The van der Waals surface area contributed by atoms with E-state index in [1.807, 2.05) is 0 Å². The van der Waals surface area contributed by atoms with Crippen LogP contribution in [0.25, 0.3) is 0 Å². The van der Waals surface area contributed by atoms with E-state index in [1.54, 1.807) is 19.3 Å². The quantitative estimate of drug-likeness (QED) is 0.594. The molecule has 4 heteroatoms. The van der Waals surface area contributed by atoms with E-state index in [0.717, 1.165) is 0 Å². The Morgan fingerprint density at radius 2 is 2.42 bits per heavy atom. The number of rotatable bonds is 0. The molecule has 1 aliphatic rings. The first-order chi connectivity index (χ1) is 5.72. The van der Waals surface area contributed by atoms with Gasteiger partial charge in [-0.2, -0.15) is 0 Å². The van der Waals surface area contributed by atoms with E-state index in [9.17, 15) is 9.90 Å². The number of hydrogen-bond donors (Lipinski definition) is 1. The zero-order valence-corrected chi connectivity index (χ0v) is 6.56. The number of pyridine rings is 1. The van der Waals surface area contributed by atoms with Crippen LogP contribution in [0.15, 0.2) is 18.5 Å². The van der Waals surface area contributed by atoms with Crippen molar-refractivity contribution in [2.24, 2.45) is 0 Å². The second kappa shape index (κ2) is 2.28. The zero-order chi connectivity index (χ0) is 8.72. The van der Waals surface area contributed by atoms with Crippen LogP contribution < -0.4 is 0 Å². The molecule has 0 saturated heterocycles. The molecular formula is C8H8N2O2. The average molecular weight is 164 g/mol. The Labute approximate surface area is 69.5 Å². The number of aliphatic hydroxyl groups is 1. The lowest BCUT2D eigenvalue weighted by molar-refractivity contribution is 0.0301. The minimum atomic E-state index is -0.832. The molecule has 0 radical (unpaired) electrons. The van der Waals surface area contributed by atoms with Crippen molar-refractivity contribution >= 4 is 5.91 Å². The lowest BCUT2D eigenvalue weighted by Crippen LogP contribution is -2.22. The minimum Gasteiger partial charge on any atom is -0.369 e. The highest BCUT2D eigenvalue weighted by Gasteiger charge is 2.32. The monoisotopic (exact) mass is 164 g/mol. The zero-order valence-electron chi connectivity index (χ0n) is 6.56.